The summed E-state index contributed by atoms with van der Waals surface area (Å²) in [7, 11) is 0. The molecular formula is C25H23N5O3. The number of carbonyl (C=O) groups is 2. The number of rotatable bonds is 6. The largest absolute Gasteiger partial charge is 0.477 e. The number of pyridine rings is 3. The van der Waals surface area contributed by atoms with Gasteiger partial charge >= 0.3 is 5.97 Å². The maximum Gasteiger partial charge on any atom is 0.354 e. The Hall–Kier alpha value is -4.33. The smallest absolute Gasteiger partial charge is 0.354 e. The van der Waals surface area contributed by atoms with Gasteiger partial charge < -0.3 is 15.4 Å². The van der Waals surface area contributed by atoms with Crippen LogP contribution in [0.5, 0.6) is 0 Å². The number of nitrogens with zero attached hydrogens (tertiary/aromatic N) is 4. The van der Waals surface area contributed by atoms with Gasteiger partial charge in [0.05, 0.1) is 22.8 Å². The van der Waals surface area contributed by atoms with E-state index in [2.05, 4.69) is 15.0 Å². The standard InChI is InChI=1S/C25H23N5O3/c1-14(26)23(16(3)31)18-10-22-24(29-12-18)19(17-7-8-21(25(32)33)28-11-17)13-30(22)15(2)20-6-4-5-9-27-20/h4-13,15H,26H2,1-3H3,(H,32,33)/b23-14+/t15-/m0/s1. The topological polar surface area (TPSA) is 124 Å². The van der Waals surface area contributed by atoms with Crippen LogP contribution in [0.3, 0.4) is 0 Å². The highest BCUT2D eigenvalue weighted by Crippen LogP contribution is 2.34. The van der Waals surface area contributed by atoms with Crippen molar-refractivity contribution in [2.45, 2.75) is 26.8 Å². The van der Waals surface area contributed by atoms with Crippen LogP contribution in [0.2, 0.25) is 0 Å². The SMILES string of the molecule is CC(=O)/C(=C(/C)N)c1cnc2c(-c3ccc(C(=O)O)nc3)cn([C@@H](C)c3ccccn3)c2c1. The van der Waals surface area contributed by atoms with E-state index in [1.807, 2.05) is 42.0 Å². The minimum absolute atomic E-state index is 0.0331. The van der Waals surface area contributed by atoms with Crippen molar-refractivity contribution in [1.29, 1.82) is 0 Å². The van der Waals surface area contributed by atoms with Crippen LogP contribution in [0.4, 0.5) is 0 Å². The number of ketones is 1. The predicted octanol–water partition coefficient (Wildman–Crippen LogP) is 4.08. The van der Waals surface area contributed by atoms with E-state index in [0.717, 1.165) is 22.3 Å². The van der Waals surface area contributed by atoms with Crippen LogP contribution in [0.15, 0.2) is 66.9 Å². The van der Waals surface area contributed by atoms with Crippen LogP contribution in [-0.4, -0.2) is 36.4 Å². The number of nitrogens with two attached hydrogens (primary N) is 1. The maximum absolute atomic E-state index is 12.2. The second kappa shape index (κ2) is 8.66. The molecule has 0 saturated heterocycles. The molecule has 0 aliphatic heterocycles. The molecule has 4 heterocycles. The molecule has 1 atom stereocenters. The zero-order valence-electron chi connectivity index (χ0n) is 18.5. The van der Waals surface area contributed by atoms with Gasteiger partial charge in [0.25, 0.3) is 0 Å². The Balaban J connectivity index is 1.95. The Labute approximate surface area is 190 Å². The van der Waals surface area contributed by atoms with Gasteiger partial charge in [-0.1, -0.05) is 12.1 Å². The van der Waals surface area contributed by atoms with Crippen LogP contribution in [-0.2, 0) is 4.79 Å². The Morgan fingerprint density at radius 1 is 1.06 bits per heavy atom. The highest BCUT2D eigenvalue weighted by molar-refractivity contribution is 6.20. The number of aromatic carboxylic acids is 1. The first kappa shape index (κ1) is 21.9. The van der Waals surface area contributed by atoms with Gasteiger partial charge in [-0.2, -0.15) is 0 Å². The molecule has 0 aromatic carbocycles. The summed E-state index contributed by atoms with van der Waals surface area (Å²) < 4.78 is 2.04. The summed E-state index contributed by atoms with van der Waals surface area (Å²) in [4.78, 5) is 36.6. The van der Waals surface area contributed by atoms with Crippen LogP contribution >= 0.6 is 0 Å². The molecule has 0 bridgehead atoms. The molecular weight excluding hydrogens is 418 g/mol. The number of carboxylic acid groups (broad SMARTS) is 1. The molecule has 8 nitrogen and oxygen atoms in total. The van der Waals surface area contributed by atoms with E-state index in [1.54, 1.807) is 25.4 Å². The number of fused-ring (bicyclic) bond motifs is 1. The van der Waals surface area contributed by atoms with Crippen molar-refractivity contribution in [2.75, 3.05) is 0 Å². The first-order valence-corrected chi connectivity index (χ1v) is 10.4. The van der Waals surface area contributed by atoms with Gasteiger partial charge in [0.15, 0.2) is 5.78 Å². The summed E-state index contributed by atoms with van der Waals surface area (Å²) in [5.41, 5.74) is 11.3. The zero-order chi connectivity index (χ0) is 23.7. The minimum atomic E-state index is -1.09. The first-order chi connectivity index (χ1) is 15.8. The van der Waals surface area contributed by atoms with Gasteiger partial charge in [0.1, 0.15) is 5.69 Å². The van der Waals surface area contributed by atoms with Gasteiger partial charge in [-0.15, -0.1) is 0 Å². The first-order valence-electron chi connectivity index (χ1n) is 10.4. The van der Waals surface area contributed by atoms with E-state index in [-0.39, 0.29) is 17.5 Å². The van der Waals surface area contributed by atoms with Crippen molar-refractivity contribution in [3.63, 3.8) is 0 Å². The van der Waals surface area contributed by atoms with Crippen molar-refractivity contribution in [3.8, 4) is 11.1 Å². The normalized spacial score (nSPS) is 12.9. The summed E-state index contributed by atoms with van der Waals surface area (Å²) >= 11 is 0. The fraction of sp³-hybridized carbons (Fsp3) is 0.160. The van der Waals surface area contributed by atoms with E-state index in [4.69, 9.17) is 10.8 Å². The Kier molecular flexibility index (Phi) is 5.74. The molecule has 0 spiro atoms. The van der Waals surface area contributed by atoms with E-state index >= 15 is 0 Å². The summed E-state index contributed by atoms with van der Waals surface area (Å²) in [6.07, 6.45) is 6.85. The molecule has 0 radical (unpaired) electrons. The van der Waals surface area contributed by atoms with Crippen LogP contribution in [0.25, 0.3) is 27.7 Å². The van der Waals surface area contributed by atoms with Gasteiger partial charge in [-0.25, -0.2) is 9.78 Å². The average molecular weight is 441 g/mol. The fourth-order valence-electron chi connectivity index (χ4n) is 3.95. The third-order valence-corrected chi connectivity index (χ3v) is 5.53. The number of allylic oxidation sites excluding steroid dienone is 2. The van der Waals surface area contributed by atoms with E-state index in [9.17, 15) is 9.59 Å². The summed E-state index contributed by atoms with van der Waals surface area (Å²) in [6, 6.07) is 10.7. The molecule has 0 amide bonds. The Morgan fingerprint density at radius 3 is 2.42 bits per heavy atom. The van der Waals surface area contributed by atoms with Crippen molar-refractivity contribution in [1.82, 2.24) is 19.5 Å². The number of Topliss-reactive ketones (excluding diaryl/α,β-unsaturated/α-hetero) is 1. The summed E-state index contributed by atoms with van der Waals surface area (Å²) in [5.74, 6) is -1.23. The maximum atomic E-state index is 12.2. The van der Waals surface area contributed by atoms with Gasteiger partial charge in [0.2, 0.25) is 0 Å². The molecule has 0 fully saturated rings. The van der Waals surface area contributed by atoms with Gasteiger partial charge in [-0.05, 0) is 45.0 Å². The lowest BCUT2D eigenvalue weighted by Crippen LogP contribution is -2.08. The third kappa shape index (κ3) is 4.10. The monoisotopic (exact) mass is 441 g/mol. The van der Waals surface area contributed by atoms with Crippen LogP contribution in [0, 0.1) is 0 Å². The Bertz CT molecular complexity index is 1390. The second-order valence-electron chi connectivity index (χ2n) is 7.82. The summed E-state index contributed by atoms with van der Waals surface area (Å²) in [5, 5.41) is 9.17. The molecule has 3 N–H and O–H groups in total. The number of hydrogen-bond donors (Lipinski definition) is 2. The number of carboxylic acids is 1. The number of aromatic nitrogens is 4. The molecule has 4 aromatic rings. The van der Waals surface area contributed by atoms with E-state index in [1.165, 1.54) is 19.2 Å². The average Bonchev–Trinajstić information content (AvgIpc) is 3.17. The van der Waals surface area contributed by atoms with Crippen molar-refractivity contribution >= 4 is 28.4 Å². The molecule has 0 aliphatic rings. The van der Waals surface area contributed by atoms with Gasteiger partial charge in [0, 0.05) is 52.7 Å². The molecule has 0 aliphatic carbocycles. The predicted molar refractivity (Wildman–Crippen MR) is 125 cm³/mol. The molecule has 4 aromatic heterocycles. The third-order valence-electron chi connectivity index (χ3n) is 5.53. The van der Waals surface area contributed by atoms with E-state index in [0.29, 0.717) is 22.4 Å². The van der Waals surface area contributed by atoms with Crippen molar-refractivity contribution in [3.05, 3.63) is 83.8 Å². The highest BCUT2D eigenvalue weighted by Gasteiger charge is 2.20. The molecule has 33 heavy (non-hydrogen) atoms. The number of hydrogen-bond acceptors (Lipinski definition) is 6. The fourth-order valence-corrected chi connectivity index (χ4v) is 3.95. The summed E-state index contributed by atoms with van der Waals surface area (Å²) in [6.45, 7) is 5.20. The van der Waals surface area contributed by atoms with Gasteiger partial charge in [-0.3, -0.25) is 14.8 Å². The van der Waals surface area contributed by atoms with Crippen molar-refractivity contribution < 1.29 is 14.7 Å². The molecule has 8 heteroatoms. The molecule has 166 valence electrons. The lowest BCUT2D eigenvalue weighted by molar-refractivity contribution is -0.111. The minimum Gasteiger partial charge on any atom is -0.477 e. The van der Waals surface area contributed by atoms with Crippen LogP contribution < -0.4 is 5.73 Å². The Morgan fingerprint density at radius 2 is 1.85 bits per heavy atom. The molecule has 4 rings (SSSR count). The van der Waals surface area contributed by atoms with Crippen LogP contribution in [0.1, 0.15) is 48.6 Å². The second-order valence-corrected chi connectivity index (χ2v) is 7.82. The lowest BCUT2D eigenvalue weighted by atomic mass is 10.0. The zero-order valence-corrected chi connectivity index (χ0v) is 18.5. The lowest BCUT2D eigenvalue weighted by Gasteiger charge is -2.15. The van der Waals surface area contributed by atoms with Crippen molar-refractivity contribution in [2.24, 2.45) is 5.73 Å². The number of carbonyl (C=O) groups excluding carboxylic acids is 1. The highest BCUT2D eigenvalue weighted by atomic mass is 16.4. The molecule has 0 saturated carbocycles. The van der Waals surface area contributed by atoms with E-state index < -0.39 is 5.97 Å². The molecule has 0 unspecified atom stereocenters. The quantitative estimate of drug-likeness (QED) is 0.432.